The van der Waals surface area contributed by atoms with Crippen molar-refractivity contribution in [2.75, 3.05) is 0 Å². The monoisotopic (exact) mass is 432 g/mol. The Morgan fingerprint density at radius 1 is 1.31 bits per heavy atom. The van der Waals surface area contributed by atoms with Crippen LogP contribution in [0, 0.1) is 11.3 Å². The number of carboxylic acids is 1. The van der Waals surface area contributed by atoms with Crippen LogP contribution in [0.5, 0.6) is 5.75 Å². The number of nitriles is 1. The number of nitrogens with zero attached hydrogens (tertiary/aromatic N) is 3. The number of carbonyl (C=O) groups is 1. The molecule has 8 nitrogen and oxygen atoms in total. The maximum atomic E-state index is 11.2. The number of hydrogen-bond acceptors (Lipinski definition) is 7. The van der Waals surface area contributed by atoms with Crippen molar-refractivity contribution in [3.05, 3.63) is 53.1 Å². The SMILES string of the molecule is CC(C)Oc1ccc(-c2nc(-c3cccc4c3CC[C@H]4N[C@@H](C)C(=O)O)no2)cc1C#N. The lowest BCUT2D eigenvalue weighted by molar-refractivity contribution is -0.139. The maximum Gasteiger partial charge on any atom is 0.320 e. The zero-order chi connectivity index (χ0) is 22.8. The maximum absolute atomic E-state index is 11.2. The summed E-state index contributed by atoms with van der Waals surface area (Å²) in [5.74, 6) is 0.419. The molecule has 3 aromatic rings. The van der Waals surface area contributed by atoms with Gasteiger partial charge in [0.25, 0.3) is 5.89 Å². The van der Waals surface area contributed by atoms with E-state index in [1.54, 1.807) is 25.1 Å². The smallest absolute Gasteiger partial charge is 0.320 e. The van der Waals surface area contributed by atoms with Crippen LogP contribution in [0.4, 0.5) is 0 Å². The van der Waals surface area contributed by atoms with E-state index in [0.29, 0.717) is 28.6 Å². The molecule has 2 N–H and O–H groups in total. The molecule has 0 saturated carbocycles. The van der Waals surface area contributed by atoms with E-state index in [1.807, 2.05) is 32.0 Å². The van der Waals surface area contributed by atoms with Crippen molar-refractivity contribution >= 4 is 5.97 Å². The third-order valence-corrected chi connectivity index (χ3v) is 5.47. The predicted molar refractivity (Wildman–Crippen MR) is 117 cm³/mol. The van der Waals surface area contributed by atoms with E-state index < -0.39 is 12.0 Å². The normalized spacial score (nSPS) is 15.9. The van der Waals surface area contributed by atoms with E-state index >= 15 is 0 Å². The summed E-state index contributed by atoms with van der Waals surface area (Å²) < 4.78 is 11.2. The van der Waals surface area contributed by atoms with E-state index in [4.69, 9.17) is 9.26 Å². The summed E-state index contributed by atoms with van der Waals surface area (Å²) in [5.41, 5.74) is 4.05. The molecule has 8 heteroatoms. The first-order chi connectivity index (χ1) is 15.4. The number of hydrogen-bond donors (Lipinski definition) is 2. The Kier molecular flexibility index (Phi) is 5.93. The zero-order valence-electron chi connectivity index (χ0n) is 18.1. The third-order valence-electron chi connectivity index (χ3n) is 5.47. The molecule has 2 atom stereocenters. The fourth-order valence-corrected chi connectivity index (χ4v) is 3.97. The van der Waals surface area contributed by atoms with Gasteiger partial charge >= 0.3 is 5.97 Å². The van der Waals surface area contributed by atoms with Crippen molar-refractivity contribution < 1.29 is 19.2 Å². The van der Waals surface area contributed by atoms with E-state index in [1.165, 1.54) is 0 Å². The highest BCUT2D eigenvalue weighted by molar-refractivity contribution is 5.73. The molecule has 0 unspecified atom stereocenters. The first kappa shape index (κ1) is 21.5. The highest BCUT2D eigenvalue weighted by Crippen LogP contribution is 2.37. The molecule has 0 amide bonds. The van der Waals surface area contributed by atoms with E-state index in [2.05, 4.69) is 21.5 Å². The van der Waals surface area contributed by atoms with Crippen LogP contribution in [-0.4, -0.2) is 33.4 Å². The van der Waals surface area contributed by atoms with Gasteiger partial charge in [0.1, 0.15) is 17.9 Å². The fourth-order valence-electron chi connectivity index (χ4n) is 3.97. The molecule has 164 valence electrons. The van der Waals surface area contributed by atoms with Gasteiger partial charge in [-0.15, -0.1) is 0 Å². The summed E-state index contributed by atoms with van der Waals surface area (Å²) in [6, 6.07) is 12.5. The van der Waals surface area contributed by atoms with Gasteiger partial charge in [0.2, 0.25) is 5.82 Å². The Bertz CT molecular complexity index is 1190. The Morgan fingerprint density at radius 2 is 2.12 bits per heavy atom. The van der Waals surface area contributed by atoms with E-state index in [0.717, 1.165) is 29.5 Å². The standard InChI is InChI=1S/C24H24N4O4/c1-13(2)31-21-10-7-15(11-16(21)12-25)23-27-22(28-32-23)19-6-4-5-18-17(19)8-9-20(18)26-14(3)24(29)30/h4-7,10-11,13-14,20,26H,8-9H2,1-3H3,(H,29,30)/t14-,20+/m0/s1. The molecule has 4 rings (SSSR count). The molecule has 1 aliphatic rings. The van der Waals surface area contributed by atoms with Crippen LogP contribution in [0.1, 0.15) is 49.9 Å². The van der Waals surface area contributed by atoms with Crippen molar-refractivity contribution in [1.29, 1.82) is 5.26 Å². The summed E-state index contributed by atoms with van der Waals surface area (Å²) in [4.78, 5) is 15.8. The molecular formula is C24H24N4O4. The first-order valence-electron chi connectivity index (χ1n) is 10.5. The number of ether oxygens (including phenoxy) is 1. The lowest BCUT2D eigenvalue weighted by atomic mass is 10.0. The van der Waals surface area contributed by atoms with Crippen LogP contribution < -0.4 is 10.1 Å². The van der Waals surface area contributed by atoms with Gasteiger partial charge in [-0.05, 0) is 62.9 Å². The zero-order valence-corrected chi connectivity index (χ0v) is 18.1. The second kappa shape index (κ2) is 8.81. The summed E-state index contributed by atoms with van der Waals surface area (Å²) >= 11 is 0. The van der Waals surface area contributed by atoms with Gasteiger partial charge in [-0.2, -0.15) is 10.2 Å². The van der Waals surface area contributed by atoms with Gasteiger partial charge in [0.05, 0.1) is 11.7 Å². The van der Waals surface area contributed by atoms with Crippen LogP contribution >= 0.6 is 0 Å². The van der Waals surface area contributed by atoms with Gasteiger partial charge in [-0.25, -0.2) is 0 Å². The molecule has 1 heterocycles. The molecule has 1 aliphatic carbocycles. The molecule has 2 aromatic carbocycles. The van der Waals surface area contributed by atoms with Gasteiger partial charge in [-0.3, -0.25) is 10.1 Å². The van der Waals surface area contributed by atoms with Crippen LogP contribution in [0.3, 0.4) is 0 Å². The quantitative estimate of drug-likeness (QED) is 0.572. The largest absolute Gasteiger partial charge is 0.490 e. The number of aliphatic carboxylic acids is 1. The topological polar surface area (TPSA) is 121 Å². The second-order valence-corrected chi connectivity index (χ2v) is 8.10. The third kappa shape index (κ3) is 4.20. The summed E-state index contributed by atoms with van der Waals surface area (Å²) in [6.45, 7) is 5.45. The number of fused-ring (bicyclic) bond motifs is 1. The highest BCUT2D eigenvalue weighted by atomic mass is 16.5. The molecule has 1 aromatic heterocycles. The number of rotatable bonds is 7. The number of carboxylic acid groups (broad SMARTS) is 1. The molecular weight excluding hydrogens is 408 g/mol. The van der Waals surface area contributed by atoms with Gasteiger partial charge in [0.15, 0.2) is 0 Å². The van der Waals surface area contributed by atoms with Gasteiger partial charge < -0.3 is 14.4 Å². The Balaban J connectivity index is 1.62. The Labute approximate surface area is 185 Å². The van der Waals surface area contributed by atoms with Crippen molar-refractivity contribution in [3.8, 4) is 34.7 Å². The van der Waals surface area contributed by atoms with Crippen molar-refractivity contribution in [1.82, 2.24) is 15.5 Å². The number of nitrogens with one attached hydrogen (secondary N) is 1. The minimum absolute atomic E-state index is 0.0332. The first-order valence-corrected chi connectivity index (χ1v) is 10.5. The molecule has 0 radical (unpaired) electrons. The van der Waals surface area contributed by atoms with Crippen molar-refractivity contribution in [3.63, 3.8) is 0 Å². The lowest BCUT2D eigenvalue weighted by Crippen LogP contribution is -2.35. The summed E-state index contributed by atoms with van der Waals surface area (Å²) in [6.07, 6.45) is 1.55. The minimum Gasteiger partial charge on any atom is -0.490 e. The minimum atomic E-state index is -0.876. The number of benzene rings is 2. The molecule has 0 fully saturated rings. The Morgan fingerprint density at radius 3 is 2.84 bits per heavy atom. The van der Waals surface area contributed by atoms with E-state index in [9.17, 15) is 15.2 Å². The van der Waals surface area contributed by atoms with Crippen molar-refractivity contribution in [2.24, 2.45) is 0 Å². The fraction of sp³-hybridized carbons (Fsp3) is 0.333. The molecule has 32 heavy (non-hydrogen) atoms. The van der Waals surface area contributed by atoms with Gasteiger partial charge in [-0.1, -0.05) is 23.4 Å². The average Bonchev–Trinajstić information content (AvgIpc) is 3.41. The van der Waals surface area contributed by atoms with Crippen LogP contribution in [0.2, 0.25) is 0 Å². The Hall–Kier alpha value is -3.70. The van der Waals surface area contributed by atoms with E-state index in [-0.39, 0.29) is 12.1 Å². The van der Waals surface area contributed by atoms with Crippen LogP contribution in [0.25, 0.3) is 22.8 Å². The van der Waals surface area contributed by atoms with Gasteiger partial charge in [0, 0.05) is 17.2 Å². The molecule has 0 bridgehead atoms. The second-order valence-electron chi connectivity index (χ2n) is 8.10. The van der Waals surface area contributed by atoms with Crippen LogP contribution in [-0.2, 0) is 11.2 Å². The molecule has 0 saturated heterocycles. The average molecular weight is 432 g/mol. The molecule has 0 aliphatic heterocycles. The highest BCUT2D eigenvalue weighted by Gasteiger charge is 2.28. The number of aromatic nitrogens is 2. The van der Waals surface area contributed by atoms with Crippen molar-refractivity contribution in [2.45, 2.75) is 51.8 Å². The lowest BCUT2D eigenvalue weighted by Gasteiger charge is -2.17. The summed E-state index contributed by atoms with van der Waals surface area (Å²) in [7, 11) is 0. The summed E-state index contributed by atoms with van der Waals surface area (Å²) in [5, 5.41) is 26.0. The molecule has 0 spiro atoms. The predicted octanol–water partition coefficient (Wildman–Crippen LogP) is 4.11. The van der Waals surface area contributed by atoms with Crippen LogP contribution in [0.15, 0.2) is 40.9 Å².